The van der Waals surface area contributed by atoms with Gasteiger partial charge in [-0.2, -0.15) is 8.75 Å². The Kier molecular flexibility index (Phi) is 2.74. The summed E-state index contributed by atoms with van der Waals surface area (Å²) < 4.78 is 7.68. The molecule has 1 aliphatic rings. The fourth-order valence-electron chi connectivity index (χ4n) is 1.59. The van der Waals surface area contributed by atoms with Crippen molar-refractivity contribution >= 4 is 17.6 Å². The molecule has 76 valence electrons. The second-order valence-corrected chi connectivity index (χ2v) is 3.94. The molecule has 1 aromatic rings. The lowest BCUT2D eigenvalue weighted by Crippen LogP contribution is -2.29. The van der Waals surface area contributed by atoms with Crippen LogP contribution in [0.15, 0.2) is 6.20 Å². The van der Waals surface area contributed by atoms with Gasteiger partial charge in [0.1, 0.15) is 0 Å². The van der Waals surface area contributed by atoms with Crippen molar-refractivity contribution < 1.29 is 9.90 Å². The molecule has 0 bridgehead atoms. The maximum atomic E-state index is 11.7. The number of aromatic nitrogens is 2. The van der Waals surface area contributed by atoms with Crippen LogP contribution in [0.5, 0.6) is 0 Å². The number of nitrogens with zero attached hydrogens (tertiary/aromatic N) is 3. The minimum atomic E-state index is -0.0744. The van der Waals surface area contributed by atoms with Crippen LogP contribution >= 0.6 is 11.7 Å². The van der Waals surface area contributed by atoms with Crippen LogP contribution < -0.4 is 0 Å². The fourth-order valence-corrected chi connectivity index (χ4v) is 1.99. The van der Waals surface area contributed by atoms with Crippen LogP contribution in [0.3, 0.4) is 0 Å². The maximum Gasteiger partial charge on any atom is 0.275 e. The van der Waals surface area contributed by atoms with Crippen molar-refractivity contribution in [3.8, 4) is 0 Å². The predicted octanol–water partition coefficient (Wildman–Crippen LogP) is -0.00750. The molecule has 0 aromatic carbocycles. The molecule has 0 saturated carbocycles. The van der Waals surface area contributed by atoms with Gasteiger partial charge in [0.2, 0.25) is 0 Å². The summed E-state index contributed by atoms with van der Waals surface area (Å²) >= 11 is 1.04. The first kappa shape index (κ1) is 9.54. The van der Waals surface area contributed by atoms with E-state index >= 15 is 0 Å². The highest BCUT2D eigenvalue weighted by Crippen LogP contribution is 2.17. The zero-order valence-electron chi connectivity index (χ0n) is 7.59. The summed E-state index contributed by atoms with van der Waals surface area (Å²) in [5.41, 5.74) is 0.411. The van der Waals surface area contributed by atoms with Crippen LogP contribution in [-0.2, 0) is 0 Å². The summed E-state index contributed by atoms with van der Waals surface area (Å²) in [5.74, 6) is 0.153. The van der Waals surface area contributed by atoms with Gasteiger partial charge in [0, 0.05) is 25.6 Å². The zero-order chi connectivity index (χ0) is 9.97. The summed E-state index contributed by atoms with van der Waals surface area (Å²) in [7, 11) is 0. The number of amides is 1. The summed E-state index contributed by atoms with van der Waals surface area (Å²) in [4.78, 5) is 13.4. The molecular formula is C8H11N3O2S. The van der Waals surface area contributed by atoms with Crippen LogP contribution in [0.2, 0.25) is 0 Å². The lowest BCUT2D eigenvalue weighted by atomic mass is 10.1. The van der Waals surface area contributed by atoms with Gasteiger partial charge in [-0.3, -0.25) is 4.79 Å². The molecule has 2 heterocycles. The molecular weight excluding hydrogens is 202 g/mol. The minimum Gasteiger partial charge on any atom is -0.396 e. The van der Waals surface area contributed by atoms with Crippen molar-refractivity contribution in [2.45, 2.75) is 6.42 Å². The minimum absolute atomic E-state index is 0.0744. The Bertz CT molecular complexity index is 314. The van der Waals surface area contributed by atoms with Gasteiger partial charge < -0.3 is 10.0 Å². The van der Waals surface area contributed by atoms with Gasteiger partial charge in [0.25, 0.3) is 5.91 Å². The standard InChI is InChI=1S/C8H11N3O2S/c12-5-6-1-2-11(4-6)8(13)7-3-9-14-10-7/h3,6,12H,1-2,4-5H2. The number of aliphatic hydroxyl groups is 1. The van der Waals surface area contributed by atoms with E-state index in [0.717, 1.165) is 18.1 Å². The molecule has 5 nitrogen and oxygen atoms in total. The van der Waals surface area contributed by atoms with Gasteiger partial charge in [-0.15, -0.1) is 0 Å². The fraction of sp³-hybridized carbons (Fsp3) is 0.625. The van der Waals surface area contributed by atoms with Crippen molar-refractivity contribution in [1.82, 2.24) is 13.6 Å². The second kappa shape index (κ2) is 4.02. The summed E-state index contributed by atoms with van der Waals surface area (Å²) in [6, 6.07) is 0. The molecule has 1 amide bonds. The number of aliphatic hydroxyl groups excluding tert-OH is 1. The van der Waals surface area contributed by atoms with Gasteiger partial charge in [0.15, 0.2) is 5.69 Å². The zero-order valence-corrected chi connectivity index (χ0v) is 8.40. The molecule has 1 N–H and O–H groups in total. The Morgan fingerprint density at radius 3 is 3.21 bits per heavy atom. The molecule has 1 aromatic heterocycles. The number of rotatable bonds is 2. The topological polar surface area (TPSA) is 66.3 Å². The van der Waals surface area contributed by atoms with Crippen molar-refractivity contribution in [1.29, 1.82) is 0 Å². The Hall–Kier alpha value is -1.01. The van der Waals surface area contributed by atoms with Crippen LogP contribution in [0.1, 0.15) is 16.9 Å². The Morgan fingerprint density at radius 1 is 1.79 bits per heavy atom. The first-order chi connectivity index (χ1) is 6.81. The van der Waals surface area contributed by atoms with E-state index in [1.807, 2.05) is 0 Å². The molecule has 14 heavy (non-hydrogen) atoms. The van der Waals surface area contributed by atoms with E-state index < -0.39 is 0 Å². The van der Waals surface area contributed by atoms with E-state index in [9.17, 15) is 4.79 Å². The molecule has 0 aliphatic carbocycles. The third-order valence-electron chi connectivity index (χ3n) is 2.41. The average Bonchev–Trinajstić information content (AvgIpc) is 2.88. The van der Waals surface area contributed by atoms with Crippen LogP contribution in [0, 0.1) is 5.92 Å². The number of carbonyl (C=O) groups excluding carboxylic acids is 1. The highest BCUT2D eigenvalue weighted by atomic mass is 32.1. The molecule has 6 heteroatoms. The Morgan fingerprint density at radius 2 is 2.64 bits per heavy atom. The lowest BCUT2D eigenvalue weighted by molar-refractivity contribution is 0.0777. The molecule has 0 spiro atoms. The third kappa shape index (κ3) is 1.76. The smallest absolute Gasteiger partial charge is 0.275 e. The number of likely N-dealkylation sites (tertiary alicyclic amines) is 1. The van der Waals surface area contributed by atoms with Crippen LogP contribution in [0.4, 0.5) is 0 Å². The maximum absolute atomic E-state index is 11.7. The molecule has 1 saturated heterocycles. The van der Waals surface area contributed by atoms with Crippen molar-refractivity contribution in [3.63, 3.8) is 0 Å². The summed E-state index contributed by atoms with van der Waals surface area (Å²) in [6.07, 6.45) is 2.36. The quantitative estimate of drug-likeness (QED) is 0.750. The second-order valence-electron chi connectivity index (χ2n) is 3.38. The predicted molar refractivity (Wildman–Crippen MR) is 51.0 cm³/mol. The van der Waals surface area contributed by atoms with E-state index in [1.165, 1.54) is 6.20 Å². The van der Waals surface area contributed by atoms with E-state index in [2.05, 4.69) is 8.75 Å². The normalized spacial score (nSPS) is 21.5. The Labute approximate surface area is 85.7 Å². The van der Waals surface area contributed by atoms with E-state index in [1.54, 1.807) is 4.90 Å². The number of hydrogen-bond donors (Lipinski definition) is 1. The molecule has 1 atom stereocenters. The summed E-state index contributed by atoms with van der Waals surface area (Å²) in [5, 5.41) is 8.93. The van der Waals surface area contributed by atoms with Gasteiger partial charge in [0.05, 0.1) is 17.9 Å². The lowest BCUT2D eigenvalue weighted by Gasteiger charge is -2.13. The molecule has 1 fully saturated rings. The van der Waals surface area contributed by atoms with E-state index in [4.69, 9.17) is 5.11 Å². The van der Waals surface area contributed by atoms with Crippen molar-refractivity contribution in [3.05, 3.63) is 11.9 Å². The van der Waals surface area contributed by atoms with Crippen LogP contribution in [-0.4, -0.2) is 44.4 Å². The number of hydrogen-bond acceptors (Lipinski definition) is 5. The van der Waals surface area contributed by atoms with Gasteiger partial charge in [-0.05, 0) is 6.42 Å². The average molecular weight is 213 g/mol. The monoisotopic (exact) mass is 213 g/mol. The van der Waals surface area contributed by atoms with Gasteiger partial charge in [-0.1, -0.05) is 0 Å². The Balaban J connectivity index is 2.00. The van der Waals surface area contributed by atoms with Gasteiger partial charge >= 0.3 is 0 Å². The highest BCUT2D eigenvalue weighted by molar-refractivity contribution is 6.99. The molecule has 1 unspecified atom stereocenters. The largest absolute Gasteiger partial charge is 0.396 e. The third-order valence-corrected chi connectivity index (χ3v) is 2.89. The first-order valence-electron chi connectivity index (χ1n) is 4.49. The molecule has 2 rings (SSSR count). The summed E-state index contributed by atoms with van der Waals surface area (Å²) in [6.45, 7) is 1.49. The molecule has 1 aliphatic heterocycles. The van der Waals surface area contributed by atoms with Crippen molar-refractivity contribution in [2.24, 2.45) is 5.92 Å². The van der Waals surface area contributed by atoms with E-state index in [-0.39, 0.29) is 18.4 Å². The first-order valence-corrected chi connectivity index (χ1v) is 5.22. The van der Waals surface area contributed by atoms with Crippen LogP contribution in [0.25, 0.3) is 0 Å². The van der Waals surface area contributed by atoms with Crippen molar-refractivity contribution in [2.75, 3.05) is 19.7 Å². The highest BCUT2D eigenvalue weighted by Gasteiger charge is 2.27. The van der Waals surface area contributed by atoms with Gasteiger partial charge in [-0.25, -0.2) is 0 Å². The SMILES string of the molecule is O=C(c1cnsn1)N1CCC(CO)C1. The molecule has 0 radical (unpaired) electrons. The van der Waals surface area contributed by atoms with E-state index in [0.29, 0.717) is 18.8 Å². The number of carbonyl (C=O) groups is 1.